The Morgan fingerprint density at radius 3 is 2.10 bits per heavy atom. The minimum Gasteiger partial charge on any atom is -0.455 e. The van der Waals surface area contributed by atoms with Crippen LogP contribution in [-0.2, 0) is 7.05 Å². The van der Waals surface area contributed by atoms with Crippen LogP contribution < -0.4 is 4.57 Å². The Balaban J connectivity index is 1.60. The monoisotopic (exact) mass is 404 g/mol. The standard InChI is InChI=1S/C27H18NO3/c1-15-11-12-17-16-7-3-5-9-21(16)29-25(17)24(15)20-13-19-23(14-28(20)2)31-26-18-8-4-6-10-22(18)30-27(19)26/h3-14H,1-2H3/q+1. The van der Waals surface area contributed by atoms with E-state index in [-0.39, 0.29) is 0 Å². The van der Waals surface area contributed by atoms with Crippen LogP contribution in [0.3, 0.4) is 0 Å². The highest BCUT2D eigenvalue weighted by molar-refractivity contribution is 6.14. The van der Waals surface area contributed by atoms with Crippen molar-refractivity contribution in [2.24, 2.45) is 7.05 Å². The van der Waals surface area contributed by atoms with Gasteiger partial charge in [-0.25, -0.2) is 0 Å². The van der Waals surface area contributed by atoms with Gasteiger partial charge in [-0.1, -0.05) is 42.5 Å². The molecule has 31 heavy (non-hydrogen) atoms. The number of pyridine rings is 1. The smallest absolute Gasteiger partial charge is 0.217 e. The lowest BCUT2D eigenvalue weighted by Gasteiger charge is -2.05. The average molecular weight is 404 g/mol. The molecule has 0 atom stereocenters. The molecule has 0 aliphatic carbocycles. The molecule has 0 bridgehead atoms. The van der Waals surface area contributed by atoms with Crippen molar-refractivity contribution in [3.05, 3.63) is 78.5 Å². The fourth-order valence-electron chi connectivity index (χ4n) is 4.75. The third kappa shape index (κ3) is 2.16. The van der Waals surface area contributed by atoms with Gasteiger partial charge in [0.25, 0.3) is 0 Å². The number of furan rings is 3. The van der Waals surface area contributed by atoms with Gasteiger partial charge in [-0.15, -0.1) is 0 Å². The van der Waals surface area contributed by atoms with Gasteiger partial charge in [0.15, 0.2) is 11.2 Å². The number of benzene rings is 3. The first kappa shape index (κ1) is 16.7. The number of fused-ring (bicyclic) bond motifs is 8. The largest absolute Gasteiger partial charge is 0.455 e. The molecule has 0 aliphatic heterocycles. The van der Waals surface area contributed by atoms with Gasteiger partial charge in [0.1, 0.15) is 23.8 Å². The zero-order valence-corrected chi connectivity index (χ0v) is 17.1. The molecule has 0 saturated heterocycles. The molecule has 0 amide bonds. The van der Waals surface area contributed by atoms with Crippen molar-refractivity contribution in [3.63, 3.8) is 0 Å². The molecule has 7 aromatic rings. The molecule has 3 aromatic carbocycles. The van der Waals surface area contributed by atoms with Crippen molar-refractivity contribution in [3.8, 4) is 11.3 Å². The zero-order valence-electron chi connectivity index (χ0n) is 17.1. The summed E-state index contributed by atoms with van der Waals surface area (Å²) in [6.45, 7) is 2.12. The fourth-order valence-corrected chi connectivity index (χ4v) is 4.75. The number of hydrogen-bond donors (Lipinski definition) is 0. The maximum atomic E-state index is 6.34. The molecular formula is C27H18NO3+. The lowest BCUT2D eigenvalue weighted by Crippen LogP contribution is -2.30. The SMILES string of the molecule is Cc1ccc2c(oc3ccccc32)c1-c1cc2c(c[n+]1C)oc1c3ccccc3oc21. The van der Waals surface area contributed by atoms with Crippen LogP contribution in [0.15, 0.2) is 86.2 Å². The third-order valence-corrected chi connectivity index (χ3v) is 6.26. The molecule has 4 heteroatoms. The minimum atomic E-state index is 0.785. The normalized spacial score (nSPS) is 12.2. The first-order valence-corrected chi connectivity index (χ1v) is 10.3. The summed E-state index contributed by atoms with van der Waals surface area (Å²) in [6.07, 6.45) is 2.02. The molecule has 0 radical (unpaired) electrons. The summed E-state index contributed by atoms with van der Waals surface area (Å²) in [7, 11) is 2.04. The maximum Gasteiger partial charge on any atom is 0.217 e. The van der Waals surface area contributed by atoms with E-state index in [4.69, 9.17) is 13.3 Å². The third-order valence-electron chi connectivity index (χ3n) is 6.26. The second kappa shape index (κ2) is 5.76. The average Bonchev–Trinajstić information content (AvgIpc) is 3.43. The number of hydrogen-bond acceptors (Lipinski definition) is 3. The molecule has 0 spiro atoms. The number of aryl methyl sites for hydroxylation is 2. The molecule has 0 aliphatic rings. The quantitative estimate of drug-likeness (QED) is 0.276. The maximum absolute atomic E-state index is 6.34. The topological polar surface area (TPSA) is 43.3 Å². The summed E-state index contributed by atoms with van der Waals surface area (Å²) in [6, 6.07) is 22.6. The predicted octanol–water partition coefficient (Wildman–Crippen LogP) is 7.03. The Morgan fingerprint density at radius 1 is 0.613 bits per heavy atom. The van der Waals surface area contributed by atoms with E-state index < -0.39 is 0 Å². The summed E-state index contributed by atoms with van der Waals surface area (Å²) in [5.74, 6) is 0. The van der Waals surface area contributed by atoms with E-state index in [0.717, 1.165) is 71.9 Å². The van der Waals surface area contributed by atoms with Gasteiger partial charge < -0.3 is 13.3 Å². The van der Waals surface area contributed by atoms with Gasteiger partial charge >= 0.3 is 0 Å². The zero-order chi connectivity index (χ0) is 20.7. The summed E-state index contributed by atoms with van der Waals surface area (Å²) < 4.78 is 20.8. The summed E-state index contributed by atoms with van der Waals surface area (Å²) in [5.41, 5.74) is 8.32. The van der Waals surface area contributed by atoms with Gasteiger partial charge in [-0.05, 0) is 30.7 Å². The molecule has 0 saturated carbocycles. The molecule has 4 aromatic heterocycles. The van der Waals surface area contributed by atoms with Crippen molar-refractivity contribution in [2.45, 2.75) is 6.92 Å². The predicted molar refractivity (Wildman–Crippen MR) is 122 cm³/mol. The molecule has 0 N–H and O–H groups in total. The summed E-state index contributed by atoms with van der Waals surface area (Å²) >= 11 is 0. The lowest BCUT2D eigenvalue weighted by molar-refractivity contribution is -0.659. The molecule has 4 heterocycles. The fraction of sp³-hybridized carbons (Fsp3) is 0.0741. The second-order valence-corrected chi connectivity index (χ2v) is 8.14. The Hall–Kier alpha value is -4.05. The Labute approximate surface area is 176 Å². The van der Waals surface area contributed by atoms with E-state index in [2.05, 4.69) is 35.8 Å². The molecule has 4 nitrogen and oxygen atoms in total. The highest BCUT2D eigenvalue weighted by atomic mass is 16.4. The van der Waals surface area contributed by atoms with Gasteiger partial charge in [0.2, 0.25) is 17.5 Å². The second-order valence-electron chi connectivity index (χ2n) is 8.14. The summed E-state index contributed by atoms with van der Waals surface area (Å²) in [5, 5.41) is 4.21. The van der Waals surface area contributed by atoms with E-state index in [1.165, 1.54) is 0 Å². The van der Waals surface area contributed by atoms with Crippen LogP contribution >= 0.6 is 0 Å². The first-order chi connectivity index (χ1) is 15.2. The Morgan fingerprint density at radius 2 is 1.26 bits per heavy atom. The van der Waals surface area contributed by atoms with Crippen LogP contribution in [0.4, 0.5) is 0 Å². The Kier molecular flexibility index (Phi) is 3.11. The van der Waals surface area contributed by atoms with Crippen molar-refractivity contribution in [1.29, 1.82) is 0 Å². The van der Waals surface area contributed by atoms with Crippen molar-refractivity contribution in [2.75, 3.05) is 0 Å². The highest BCUT2D eigenvalue weighted by Crippen LogP contribution is 2.40. The highest BCUT2D eigenvalue weighted by Gasteiger charge is 2.25. The van der Waals surface area contributed by atoms with E-state index in [9.17, 15) is 0 Å². The first-order valence-electron chi connectivity index (χ1n) is 10.3. The van der Waals surface area contributed by atoms with Crippen LogP contribution in [0.1, 0.15) is 5.56 Å². The van der Waals surface area contributed by atoms with Crippen LogP contribution in [0.5, 0.6) is 0 Å². The number of nitrogens with zero attached hydrogens (tertiary/aromatic N) is 1. The van der Waals surface area contributed by atoms with Gasteiger partial charge in [0.05, 0.1) is 16.3 Å². The number of rotatable bonds is 1. The number of aromatic nitrogens is 1. The number of para-hydroxylation sites is 2. The van der Waals surface area contributed by atoms with Crippen molar-refractivity contribution in [1.82, 2.24) is 0 Å². The van der Waals surface area contributed by atoms with E-state index in [0.29, 0.717) is 0 Å². The van der Waals surface area contributed by atoms with Crippen LogP contribution in [0.25, 0.3) is 66.3 Å². The van der Waals surface area contributed by atoms with Crippen LogP contribution in [0.2, 0.25) is 0 Å². The van der Waals surface area contributed by atoms with Gasteiger partial charge in [-0.2, -0.15) is 4.57 Å². The van der Waals surface area contributed by atoms with Gasteiger partial charge in [-0.3, -0.25) is 0 Å². The molecular weight excluding hydrogens is 386 g/mol. The van der Waals surface area contributed by atoms with E-state index >= 15 is 0 Å². The van der Waals surface area contributed by atoms with Gasteiger partial charge in [0, 0.05) is 16.8 Å². The molecule has 148 valence electrons. The van der Waals surface area contributed by atoms with Crippen molar-refractivity contribution < 1.29 is 17.8 Å². The minimum absolute atomic E-state index is 0.785. The van der Waals surface area contributed by atoms with Crippen LogP contribution in [0, 0.1) is 6.92 Å². The van der Waals surface area contributed by atoms with Crippen molar-refractivity contribution >= 4 is 55.0 Å². The molecule has 0 unspecified atom stereocenters. The lowest BCUT2D eigenvalue weighted by atomic mass is 10.00. The Bertz CT molecular complexity index is 1810. The molecule has 7 rings (SSSR count). The van der Waals surface area contributed by atoms with E-state index in [1.807, 2.05) is 55.7 Å². The molecule has 0 fully saturated rings. The summed E-state index contributed by atoms with van der Waals surface area (Å²) in [4.78, 5) is 0. The van der Waals surface area contributed by atoms with E-state index in [1.54, 1.807) is 0 Å². The van der Waals surface area contributed by atoms with Crippen LogP contribution in [-0.4, -0.2) is 0 Å².